The number of amides is 1. The lowest BCUT2D eigenvalue weighted by atomic mass is 10.1. The Morgan fingerprint density at radius 2 is 1.96 bits per heavy atom. The SMILES string of the molecule is Cc1occc1-c1nnc(SC(C)C(=O)Nc2cccc3ccccc23)n1N. The van der Waals surface area contributed by atoms with Gasteiger partial charge in [-0.25, -0.2) is 4.68 Å². The first-order valence-corrected chi connectivity index (χ1v) is 9.63. The van der Waals surface area contributed by atoms with Gasteiger partial charge in [-0.05, 0) is 31.4 Å². The van der Waals surface area contributed by atoms with Gasteiger partial charge in [-0.3, -0.25) is 4.79 Å². The molecule has 0 aliphatic rings. The summed E-state index contributed by atoms with van der Waals surface area (Å²) in [5, 5.41) is 13.4. The summed E-state index contributed by atoms with van der Waals surface area (Å²) in [7, 11) is 0. The fourth-order valence-electron chi connectivity index (χ4n) is 2.94. The van der Waals surface area contributed by atoms with Gasteiger partial charge in [-0.1, -0.05) is 48.2 Å². The Bertz CT molecular complexity index is 1150. The van der Waals surface area contributed by atoms with Gasteiger partial charge in [0, 0.05) is 11.1 Å². The van der Waals surface area contributed by atoms with Crippen LogP contribution < -0.4 is 11.2 Å². The van der Waals surface area contributed by atoms with E-state index < -0.39 is 5.25 Å². The van der Waals surface area contributed by atoms with Gasteiger partial charge in [0.25, 0.3) is 0 Å². The molecular weight excluding hydrogens is 374 g/mol. The number of nitrogens with zero attached hydrogens (tertiary/aromatic N) is 3. The molecule has 4 rings (SSSR count). The first-order valence-electron chi connectivity index (χ1n) is 8.75. The van der Waals surface area contributed by atoms with E-state index in [9.17, 15) is 4.79 Å². The van der Waals surface area contributed by atoms with Crippen LogP contribution in [0.25, 0.3) is 22.2 Å². The van der Waals surface area contributed by atoms with E-state index in [0.29, 0.717) is 16.7 Å². The summed E-state index contributed by atoms with van der Waals surface area (Å²) in [5.41, 5.74) is 1.55. The van der Waals surface area contributed by atoms with Crippen LogP contribution in [0.3, 0.4) is 0 Å². The summed E-state index contributed by atoms with van der Waals surface area (Å²) in [6.07, 6.45) is 1.58. The van der Waals surface area contributed by atoms with Crippen LogP contribution in [0.5, 0.6) is 0 Å². The number of thioether (sulfide) groups is 1. The minimum Gasteiger partial charge on any atom is -0.469 e. The van der Waals surface area contributed by atoms with Gasteiger partial charge in [0.2, 0.25) is 11.1 Å². The second kappa shape index (κ2) is 7.40. The molecule has 0 saturated heterocycles. The highest BCUT2D eigenvalue weighted by molar-refractivity contribution is 8.00. The zero-order chi connectivity index (χ0) is 19.7. The molecule has 28 heavy (non-hydrogen) atoms. The molecule has 1 atom stereocenters. The van der Waals surface area contributed by atoms with E-state index in [1.54, 1.807) is 12.3 Å². The Morgan fingerprint density at radius 1 is 1.18 bits per heavy atom. The van der Waals surface area contributed by atoms with Gasteiger partial charge >= 0.3 is 0 Å². The van der Waals surface area contributed by atoms with E-state index in [2.05, 4.69) is 15.5 Å². The molecule has 0 aliphatic heterocycles. The number of aryl methyl sites for hydroxylation is 1. The third kappa shape index (κ3) is 3.34. The van der Waals surface area contributed by atoms with Crippen LogP contribution in [0.15, 0.2) is 64.4 Å². The van der Waals surface area contributed by atoms with E-state index in [1.807, 2.05) is 56.3 Å². The third-order valence-corrected chi connectivity index (χ3v) is 5.52. The molecule has 142 valence electrons. The van der Waals surface area contributed by atoms with E-state index in [0.717, 1.165) is 22.0 Å². The number of nitrogen functional groups attached to an aromatic ring is 1. The number of hydrogen-bond acceptors (Lipinski definition) is 6. The van der Waals surface area contributed by atoms with Crippen LogP contribution >= 0.6 is 11.8 Å². The molecule has 0 saturated carbocycles. The van der Waals surface area contributed by atoms with Crippen molar-refractivity contribution in [3.63, 3.8) is 0 Å². The molecule has 2 heterocycles. The van der Waals surface area contributed by atoms with Crippen molar-refractivity contribution in [2.45, 2.75) is 24.3 Å². The molecule has 2 aromatic heterocycles. The Balaban J connectivity index is 1.51. The third-order valence-electron chi connectivity index (χ3n) is 4.46. The second-order valence-electron chi connectivity index (χ2n) is 6.34. The number of carbonyl (C=O) groups excluding carboxylic acids is 1. The first-order chi connectivity index (χ1) is 13.5. The smallest absolute Gasteiger partial charge is 0.237 e. The zero-order valence-corrected chi connectivity index (χ0v) is 16.2. The van der Waals surface area contributed by atoms with Crippen molar-refractivity contribution in [1.29, 1.82) is 0 Å². The normalized spacial score (nSPS) is 12.2. The van der Waals surface area contributed by atoms with Crippen molar-refractivity contribution >= 4 is 34.1 Å². The molecule has 1 amide bonds. The molecule has 3 N–H and O–H groups in total. The standard InChI is InChI=1S/C20H19N5O2S/c1-12-15(10-11-27-12)18-23-24-20(25(18)21)28-13(2)19(26)22-17-9-5-7-14-6-3-4-8-16(14)17/h3-11,13H,21H2,1-2H3,(H,22,26). The van der Waals surface area contributed by atoms with Crippen LogP contribution in [-0.2, 0) is 4.79 Å². The van der Waals surface area contributed by atoms with Crippen LogP contribution in [-0.4, -0.2) is 26.0 Å². The maximum Gasteiger partial charge on any atom is 0.237 e. The molecule has 2 aromatic carbocycles. The quantitative estimate of drug-likeness (QED) is 0.395. The lowest BCUT2D eigenvalue weighted by molar-refractivity contribution is -0.115. The summed E-state index contributed by atoms with van der Waals surface area (Å²) >= 11 is 1.25. The maximum absolute atomic E-state index is 12.7. The van der Waals surface area contributed by atoms with Crippen molar-refractivity contribution < 1.29 is 9.21 Å². The van der Waals surface area contributed by atoms with Crippen molar-refractivity contribution in [2.24, 2.45) is 0 Å². The number of rotatable bonds is 5. The summed E-state index contributed by atoms with van der Waals surface area (Å²) in [5.74, 6) is 7.20. The Labute approximate surface area is 165 Å². The topological polar surface area (TPSA) is 99.0 Å². The molecule has 8 heteroatoms. The number of anilines is 1. The number of carbonyl (C=O) groups is 1. The molecule has 1 unspecified atom stereocenters. The molecule has 7 nitrogen and oxygen atoms in total. The highest BCUT2D eigenvalue weighted by atomic mass is 32.2. The van der Waals surface area contributed by atoms with Crippen molar-refractivity contribution in [1.82, 2.24) is 14.9 Å². The van der Waals surface area contributed by atoms with Crippen molar-refractivity contribution in [3.05, 3.63) is 60.6 Å². The highest BCUT2D eigenvalue weighted by Crippen LogP contribution is 2.28. The van der Waals surface area contributed by atoms with E-state index in [1.165, 1.54) is 16.4 Å². The predicted octanol–water partition coefficient (Wildman–Crippen LogP) is 3.83. The Kier molecular flexibility index (Phi) is 4.79. The van der Waals surface area contributed by atoms with Crippen LogP contribution in [0.1, 0.15) is 12.7 Å². The number of nitrogens with one attached hydrogen (secondary N) is 1. The molecule has 0 fully saturated rings. The molecule has 0 spiro atoms. The number of hydrogen-bond donors (Lipinski definition) is 2. The van der Waals surface area contributed by atoms with Gasteiger partial charge in [-0.15, -0.1) is 10.2 Å². The molecule has 0 bridgehead atoms. The molecular formula is C20H19N5O2S. The molecule has 0 aliphatic carbocycles. The van der Waals surface area contributed by atoms with E-state index in [4.69, 9.17) is 10.3 Å². The zero-order valence-electron chi connectivity index (χ0n) is 15.4. The minimum absolute atomic E-state index is 0.134. The van der Waals surface area contributed by atoms with Crippen molar-refractivity contribution in [2.75, 3.05) is 11.2 Å². The number of aromatic nitrogens is 3. The first kappa shape index (κ1) is 18.1. The van der Waals surface area contributed by atoms with Gasteiger partial charge in [-0.2, -0.15) is 0 Å². The molecule has 0 radical (unpaired) electrons. The number of furan rings is 1. The maximum atomic E-state index is 12.7. The Morgan fingerprint density at radius 3 is 2.75 bits per heavy atom. The number of benzene rings is 2. The van der Waals surface area contributed by atoms with Crippen molar-refractivity contribution in [3.8, 4) is 11.4 Å². The average Bonchev–Trinajstić information content (AvgIpc) is 3.27. The number of fused-ring (bicyclic) bond motifs is 1. The summed E-state index contributed by atoms with van der Waals surface area (Å²) < 4.78 is 6.68. The highest BCUT2D eigenvalue weighted by Gasteiger charge is 2.21. The van der Waals surface area contributed by atoms with Gasteiger partial charge in [0.1, 0.15) is 5.76 Å². The largest absolute Gasteiger partial charge is 0.469 e. The minimum atomic E-state index is -0.413. The summed E-state index contributed by atoms with van der Waals surface area (Å²) in [6.45, 7) is 3.64. The summed E-state index contributed by atoms with van der Waals surface area (Å²) in [4.78, 5) is 12.7. The second-order valence-corrected chi connectivity index (χ2v) is 7.65. The lowest BCUT2D eigenvalue weighted by Gasteiger charge is -2.13. The van der Waals surface area contributed by atoms with Crippen LogP contribution in [0.4, 0.5) is 5.69 Å². The fourth-order valence-corrected chi connectivity index (χ4v) is 3.71. The van der Waals surface area contributed by atoms with E-state index >= 15 is 0 Å². The Hall–Kier alpha value is -3.26. The predicted molar refractivity (Wildman–Crippen MR) is 111 cm³/mol. The number of nitrogens with two attached hydrogens (primary N) is 1. The average molecular weight is 393 g/mol. The summed E-state index contributed by atoms with van der Waals surface area (Å²) in [6, 6.07) is 15.5. The molecule has 4 aromatic rings. The van der Waals surface area contributed by atoms with Crippen LogP contribution in [0, 0.1) is 6.92 Å². The van der Waals surface area contributed by atoms with E-state index in [-0.39, 0.29) is 5.91 Å². The fraction of sp³-hybridized carbons (Fsp3) is 0.150. The monoisotopic (exact) mass is 393 g/mol. The van der Waals surface area contributed by atoms with Gasteiger partial charge in [0.05, 0.1) is 17.1 Å². The van der Waals surface area contributed by atoms with Crippen LogP contribution in [0.2, 0.25) is 0 Å². The lowest BCUT2D eigenvalue weighted by Crippen LogP contribution is -2.23. The van der Waals surface area contributed by atoms with Gasteiger partial charge < -0.3 is 15.6 Å². The van der Waals surface area contributed by atoms with Gasteiger partial charge in [0.15, 0.2) is 5.82 Å².